The molecule has 0 amide bonds. The highest BCUT2D eigenvalue weighted by Gasteiger charge is 2.11. The Morgan fingerprint density at radius 1 is 1.38 bits per heavy atom. The van der Waals surface area contributed by atoms with Gasteiger partial charge in [-0.3, -0.25) is 0 Å². The molecule has 0 fully saturated rings. The van der Waals surface area contributed by atoms with Gasteiger partial charge in [0.2, 0.25) is 5.15 Å². The molecule has 0 aromatic carbocycles. The molecule has 4 nitrogen and oxygen atoms in total. The second-order valence-corrected chi connectivity index (χ2v) is 3.02. The Bertz CT molecular complexity index is 436. The van der Waals surface area contributed by atoms with Gasteiger partial charge in [0.05, 0.1) is 5.56 Å². The van der Waals surface area contributed by atoms with Crippen LogP contribution in [-0.4, -0.2) is 15.2 Å². The number of aryl methyl sites for hydroxylation is 1. The molecule has 16 heavy (non-hydrogen) atoms. The van der Waals surface area contributed by atoms with E-state index in [1.807, 2.05) is 41.1 Å². The highest BCUT2D eigenvalue weighted by molar-refractivity contribution is 14.1. The Morgan fingerprint density at radius 3 is 2.56 bits per heavy atom. The van der Waals surface area contributed by atoms with E-state index < -0.39 is 0 Å². The molecule has 2 heterocycles. The summed E-state index contributed by atoms with van der Waals surface area (Å²) in [7, 11) is 1.92. The van der Waals surface area contributed by atoms with E-state index in [1.165, 1.54) is 0 Å². The van der Waals surface area contributed by atoms with Crippen LogP contribution in [0.25, 0.3) is 11.3 Å². The summed E-state index contributed by atoms with van der Waals surface area (Å²) in [6.07, 6.45) is 3.82. The number of pyridine rings is 1. The van der Waals surface area contributed by atoms with Crippen LogP contribution >= 0.6 is 34.2 Å². The van der Waals surface area contributed by atoms with Gasteiger partial charge in [-0.2, -0.15) is 0 Å². The van der Waals surface area contributed by atoms with Gasteiger partial charge in [-0.15, -0.1) is 0 Å². The fraction of sp³-hybridized carbons (Fsp3) is 0.222. The van der Waals surface area contributed by atoms with Gasteiger partial charge in [0.25, 0.3) is 0 Å². The lowest BCUT2D eigenvalue weighted by Gasteiger charge is -1.91. The third kappa shape index (κ3) is 4.13. The Morgan fingerprint density at radius 2 is 2.06 bits per heavy atom. The summed E-state index contributed by atoms with van der Waals surface area (Å²) in [4.78, 5) is 1.97. The summed E-state index contributed by atoms with van der Waals surface area (Å²) in [5.41, 5.74) is 1.45. The van der Waals surface area contributed by atoms with Crippen molar-refractivity contribution in [2.24, 2.45) is 7.05 Å². The predicted molar refractivity (Wildman–Crippen MR) is 65.9 cm³/mol. The van der Waals surface area contributed by atoms with Crippen molar-refractivity contribution in [3.05, 3.63) is 29.7 Å². The number of aromatic nitrogens is 3. The molecule has 0 atom stereocenters. The molecule has 7 heteroatoms. The van der Waals surface area contributed by atoms with Crippen LogP contribution in [0.3, 0.4) is 0 Å². The van der Waals surface area contributed by atoms with Crippen LogP contribution in [0.2, 0.25) is 5.15 Å². The smallest absolute Gasteiger partial charge is 0.201 e. The third-order valence-electron chi connectivity index (χ3n) is 1.66. The summed E-state index contributed by atoms with van der Waals surface area (Å²) in [5.74, 6) is 0. The van der Waals surface area contributed by atoms with E-state index >= 15 is 0 Å². The number of alkyl halides is 1. The van der Waals surface area contributed by atoms with Gasteiger partial charge in [0.15, 0.2) is 18.1 Å². The maximum absolute atomic E-state index is 5.75. The average molecular weight is 465 g/mol. The van der Waals surface area contributed by atoms with Gasteiger partial charge in [-0.25, -0.2) is 9.20 Å². The second kappa shape index (κ2) is 8.18. The molecule has 0 aliphatic carbocycles. The Labute approximate surface area is 129 Å². The molecular weight excluding hydrogens is 455 g/mol. The Balaban J connectivity index is 0.000000711. The maximum atomic E-state index is 5.75. The van der Waals surface area contributed by atoms with Gasteiger partial charge in [-0.1, -0.05) is 34.2 Å². The largest absolute Gasteiger partial charge is 1.00 e. The molecule has 0 N–H and O–H groups in total. The average Bonchev–Trinajstić information content (AvgIpc) is 2.67. The summed E-state index contributed by atoms with van der Waals surface area (Å²) in [5, 5.41) is 7.47. The van der Waals surface area contributed by atoms with Gasteiger partial charge in [0.1, 0.15) is 7.05 Å². The molecule has 0 bridgehead atoms. The summed E-state index contributed by atoms with van der Waals surface area (Å²) >= 11 is 7.90. The minimum Gasteiger partial charge on any atom is -1.00 e. The van der Waals surface area contributed by atoms with Crippen LogP contribution in [0.4, 0.5) is 0 Å². The van der Waals surface area contributed by atoms with Crippen molar-refractivity contribution in [2.45, 2.75) is 0 Å². The maximum Gasteiger partial charge on any atom is 0.201 e. The zero-order valence-corrected chi connectivity index (χ0v) is 13.8. The molecular formula is C9H10ClI2N3O. The van der Waals surface area contributed by atoms with Crippen molar-refractivity contribution >= 4 is 34.2 Å². The summed E-state index contributed by atoms with van der Waals surface area (Å²) in [6, 6.07) is 3.80. The molecule has 0 saturated carbocycles. The predicted octanol–water partition coefficient (Wildman–Crippen LogP) is -0.730. The third-order valence-corrected chi connectivity index (χ3v) is 1.91. The highest BCUT2D eigenvalue weighted by atomic mass is 127. The molecule has 2 aromatic heterocycles. The lowest BCUT2D eigenvalue weighted by atomic mass is 10.2. The van der Waals surface area contributed by atoms with E-state index in [4.69, 9.17) is 11.6 Å². The number of halogens is 3. The first kappa shape index (κ1) is 16.0. The fourth-order valence-corrected chi connectivity index (χ4v) is 1.25. The Kier molecular flexibility index (Phi) is 8.20. The van der Waals surface area contributed by atoms with Crippen LogP contribution in [-0.2, 0) is 7.05 Å². The SMILES string of the molecule is CI.C[n+]1cccc(-c2nonc2Cl)c1.[I-]. The zero-order valence-electron chi connectivity index (χ0n) is 8.69. The highest BCUT2D eigenvalue weighted by Crippen LogP contribution is 2.21. The topological polar surface area (TPSA) is 42.8 Å². The van der Waals surface area contributed by atoms with Crippen molar-refractivity contribution in [2.75, 3.05) is 4.93 Å². The number of rotatable bonds is 1. The number of nitrogens with zero attached hydrogens (tertiary/aromatic N) is 3. The first-order chi connectivity index (χ1) is 7.27. The molecule has 88 valence electrons. The molecule has 0 radical (unpaired) electrons. The van der Waals surface area contributed by atoms with Crippen molar-refractivity contribution < 1.29 is 33.2 Å². The van der Waals surface area contributed by atoms with Crippen LogP contribution in [0.5, 0.6) is 0 Å². The zero-order chi connectivity index (χ0) is 11.3. The van der Waals surface area contributed by atoms with E-state index in [-0.39, 0.29) is 29.1 Å². The minimum atomic E-state index is 0. The summed E-state index contributed by atoms with van der Waals surface area (Å²) < 4.78 is 6.40. The molecule has 0 aliphatic rings. The van der Waals surface area contributed by atoms with Gasteiger partial charge < -0.3 is 24.0 Å². The van der Waals surface area contributed by atoms with Crippen LogP contribution in [0.1, 0.15) is 0 Å². The number of hydrogen-bond donors (Lipinski definition) is 0. The summed E-state index contributed by atoms with van der Waals surface area (Å²) in [6.45, 7) is 0. The van der Waals surface area contributed by atoms with E-state index in [0.29, 0.717) is 5.69 Å². The van der Waals surface area contributed by atoms with Gasteiger partial charge in [-0.05, 0) is 21.3 Å². The number of hydrogen-bond acceptors (Lipinski definition) is 3. The van der Waals surface area contributed by atoms with E-state index in [9.17, 15) is 0 Å². The minimum absolute atomic E-state index is 0. The Hall–Kier alpha value is 0.0400. The lowest BCUT2D eigenvalue weighted by Crippen LogP contribution is -3.00. The van der Waals surface area contributed by atoms with E-state index in [1.54, 1.807) is 0 Å². The molecule has 0 unspecified atom stereocenters. The molecule has 0 saturated heterocycles. The first-order valence-electron chi connectivity index (χ1n) is 4.09. The van der Waals surface area contributed by atoms with Crippen LogP contribution < -0.4 is 28.5 Å². The molecule has 0 aliphatic heterocycles. The van der Waals surface area contributed by atoms with Crippen molar-refractivity contribution in [1.82, 2.24) is 10.3 Å². The van der Waals surface area contributed by atoms with Crippen molar-refractivity contribution in [3.8, 4) is 11.3 Å². The lowest BCUT2D eigenvalue weighted by molar-refractivity contribution is -0.671. The molecule has 2 aromatic rings. The second-order valence-electron chi connectivity index (χ2n) is 2.66. The quantitative estimate of drug-likeness (QED) is 0.317. The molecule has 2 rings (SSSR count). The van der Waals surface area contributed by atoms with E-state index in [2.05, 4.69) is 37.5 Å². The normalized spacial score (nSPS) is 8.75. The fourth-order valence-electron chi connectivity index (χ4n) is 1.08. The monoisotopic (exact) mass is 465 g/mol. The van der Waals surface area contributed by atoms with Gasteiger partial charge >= 0.3 is 0 Å². The van der Waals surface area contributed by atoms with Crippen molar-refractivity contribution in [1.29, 1.82) is 0 Å². The first-order valence-corrected chi connectivity index (χ1v) is 6.62. The van der Waals surface area contributed by atoms with E-state index in [0.717, 1.165) is 5.56 Å². The van der Waals surface area contributed by atoms with Crippen molar-refractivity contribution in [3.63, 3.8) is 0 Å². The molecule has 0 spiro atoms. The standard InChI is InChI=1S/C8H7ClN3O.CH3I.HI/c1-12-4-2-3-6(5-12)7-8(9)11-13-10-7;1-2;/h2-5H,1H3;1H3;1H/q+1;;/p-1. The van der Waals surface area contributed by atoms with Gasteiger partial charge in [0, 0.05) is 6.07 Å². The van der Waals surface area contributed by atoms with Crippen LogP contribution in [0.15, 0.2) is 29.2 Å². The van der Waals surface area contributed by atoms with Crippen LogP contribution in [0, 0.1) is 0 Å².